The highest BCUT2D eigenvalue weighted by Crippen LogP contribution is 2.31. The van der Waals surface area contributed by atoms with Crippen LogP contribution in [0.5, 0.6) is 5.75 Å². The average molecular weight is 288 g/mol. The molecule has 0 spiro atoms. The van der Waals surface area contributed by atoms with E-state index in [1.807, 2.05) is 29.7 Å². The highest BCUT2D eigenvalue weighted by atomic mass is 16.5. The van der Waals surface area contributed by atoms with Crippen LogP contribution in [0.3, 0.4) is 0 Å². The van der Waals surface area contributed by atoms with Gasteiger partial charge in [0.25, 0.3) is 5.91 Å². The highest BCUT2D eigenvalue weighted by molar-refractivity contribution is 5.91. The van der Waals surface area contributed by atoms with Gasteiger partial charge in [-0.1, -0.05) is 17.3 Å². The molecule has 2 aromatic rings. The van der Waals surface area contributed by atoms with Gasteiger partial charge in [0, 0.05) is 12.6 Å². The number of ether oxygens (including phenoxy) is 1. The second-order valence-corrected chi connectivity index (χ2v) is 4.74. The topological polar surface area (TPSA) is 93.6 Å². The number of carbonyl (C=O) groups excluding carboxylic acids is 1. The van der Waals surface area contributed by atoms with Gasteiger partial charge in [-0.3, -0.25) is 10.2 Å². The maximum absolute atomic E-state index is 11.4. The zero-order valence-electron chi connectivity index (χ0n) is 11.4. The largest absolute Gasteiger partial charge is 0.491 e. The van der Waals surface area contributed by atoms with Crippen LogP contribution in [-0.4, -0.2) is 24.2 Å². The maximum Gasteiger partial charge on any atom is 0.287 e. The molecule has 3 N–H and O–H groups in total. The molecule has 0 atom stereocenters. The van der Waals surface area contributed by atoms with Crippen LogP contribution in [0.1, 0.15) is 22.7 Å². The Kier molecular flexibility index (Phi) is 3.74. The second-order valence-electron chi connectivity index (χ2n) is 4.74. The number of amides is 1. The third kappa shape index (κ3) is 2.82. The summed E-state index contributed by atoms with van der Waals surface area (Å²) >= 11 is 0. The summed E-state index contributed by atoms with van der Waals surface area (Å²) in [6.07, 6.45) is 0.916. The molecule has 0 radical (unpaired) electrons. The molecule has 1 amide bonds. The Bertz CT molecular complexity index is 641. The lowest BCUT2D eigenvalue weighted by atomic mass is 10.2. The number of hydrogen-bond donors (Lipinski definition) is 2. The first-order chi connectivity index (χ1) is 10.3. The van der Waals surface area contributed by atoms with Crippen LogP contribution in [0.2, 0.25) is 0 Å². The van der Waals surface area contributed by atoms with E-state index in [2.05, 4.69) is 10.1 Å². The first-order valence-electron chi connectivity index (χ1n) is 6.71. The lowest BCUT2D eigenvalue weighted by Gasteiger charge is -2.22. The molecule has 110 valence electrons. The predicted molar refractivity (Wildman–Crippen MR) is 75.8 cm³/mol. The number of benzene rings is 1. The number of fused-ring (bicyclic) bond motifs is 1. The predicted octanol–water partition coefficient (Wildman–Crippen LogP) is 1.07. The quantitative estimate of drug-likeness (QED) is 0.498. The van der Waals surface area contributed by atoms with Gasteiger partial charge in [0.15, 0.2) is 11.5 Å². The van der Waals surface area contributed by atoms with Gasteiger partial charge >= 0.3 is 0 Å². The number of nitrogens with one attached hydrogen (secondary N) is 1. The van der Waals surface area contributed by atoms with E-state index in [4.69, 9.17) is 15.1 Å². The van der Waals surface area contributed by atoms with Crippen molar-refractivity contribution in [2.24, 2.45) is 5.84 Å². The van der Waals surface area contributed by atoms with Gasteiger partial charge in [-0.15, -0.1) is 0 Å². The fraction of sp³-hybridized carbons (Fsp3) is 0.286. The lowest BCUT2D eigenvalue weighted by molar-refractivity contribution is 0.0944. The Balaban J connectivity index is 1.81. The van der Waals surface area contributed by atoms with Crippen molar-refractivity contribution >= 4 is 11.6 Å². The lowest BCUT2D eigenvalue weighted by Crippen LogP contribution is -2.30. The van der Waals surface area contributed by atoms with Crippen molar-refractivity contribution in [2.45, 2.75) is 13.0 Å². The molecule has 7 nitrogen and oxygen atoms in total. The van der Waals surface area contributed by atoms with E-state index in [9.17, 15) is 4.79 Å². The summed E-state index contributed by atoms with van der Waals surface area (Å²) in [4.78, 5) is 13.5. The Labute approximate surface area is 121 Å². The van der Waals surface area contributed by atoms with Gasteiger partial charge in [0.05, 0.1) is 18.8 Å². The summed E-state index contributed by atoms with van der Waals surface area (Å²) in [5.41, 5.74) is 3.21. The molecule has 3 rings (SSSR count). The molecular formula is C14H16N4O3. The molecule has 2 heterocycles. The van der Waals surface area contributed by atoms with Crippen LogP contribution in [0.4, 0.5) is 5.69 Å². The number of rotatable bonds is 3. The minimum Gasteiger partial charge on any atom is -0.491 e. The molecule has 7 heteroatoms. The number of hydrogen-bond acceptors (Lipinski definition) is 6. The summed E-state index contributed by atoms with van der Waals surface area (Å²) in [6, 6.07) is 9.46. The van der Waals surface area contributed by atoms with Crippen molar-refractivity contribution in [1.29, 1.82) is 0 Å². The van der Waals surface area contributed by atoms with Crippen molar-refractivity contribution in [3.8, 4) is 5.75 Å². The van der Waals surface area contributed by atoms with Gasteiger partial charge in [-0.25, -0.2) is 5.84 Å². The molecule has 1 aromatic carbocycles. The number of carbonyl (C=O) groups is 1. The first-order valence-corrected chi connectivity index (χ1v) is 6.71. The van der Waals surface area contributed by atoms with Crippen molar-refractivity contribution in [3.05, 3.63) is 41.8 Å². The molecule has 0 aliphatic carbocycles. The number of hydrazine groups is 1. The van der Waals surface area contributed by atoms with E-state index >= 15 is 0 Å². The number of nitrogens with zero attached hydrogens (tertiary/aromatic N) is 2. The molecule has 1 aliphatic heterocycles. The molecule has 1 aliphatic rings. The van der Waals surface area contributed by atoms with Crippen LogP contribution < -0.4 is 20.9 Å². The van der Waals surface area contributed by atoms with Crippen LogP contribution >= 0.6 is 0 Å². The van der Waals surface area contributed by atoms with E-state index in [1.54, 1.807) is 6.07 Å². The Morgan fingerprint density at radius 1 is 1.43 bits per heavy atom. The second kappa shape index (κ2) is 5.84. The van der Waals surface area contributed by atoms with Crippen LogP contribution in [0, 0.1) is 0 Å². The third-order valence-corrected chi connectivity index (χ3v) is 3.31. The summed E-state index contributed by atoms with van der Waals surface area (Å²) < 4.78 is 10.9. The minimum absolute atomic E-state index is 0.173. The minimum atomic E-state index is -0.468. The average Bonchev–Trinajstić information content (AvgIpc) is 2.89. The van der Waals surface area contributed by atoms with Crippen molar-refractivity contribution in [2.75, 3.05) is 18.1 Å². The molecular weight excluding hydrogens is 272 g/mol. The van der Waals surface area contributed by atoms with Crippen LogP contribution in [0.15, 0.2) is 34.9 Å². The number of nitrogen functional groups attached to an aromatic ring is 1. The van der Waals surface area contributed by atoms with Gasteiger partial charge < -0.3 is 14.2 Å². The van der Waals surface area contributed by atoms with E-state index in [-0.39, 0.29) is 5.69 Å². The first kappa shape index (κ1) is 13.4. The fourth-order valence-electron chi connectivity index (χ4n) is 2.32. The number of aromatic nitrogens is 1. The molecule has 0 fully saturated rings. The van der Waals surface area contributed by atoms with Gasteiger partial charge in [0.1, 0.15) is 5.75 Å². The highest BCUT2D eigenvalue weighted by Gasteiger charge is 2.19. The van der Waals surface area contributed by atoms with Crippen LogP contribution in [-0.2, 0) is 6.54 Å². The molecule has 1 aromatic heterocycles. The van der Waals surface area contributed by atoms with E-state index in [0.29, 0.717) is 18.9 Å². The zero-order chi connectivity index (χ0) is 14.7. The number of nitrogens with two attached hydrogens (primary N) is 1. The summed E-state index contributed by atoms with van der Waals surface area (Å²) in [5.74, 6) is 6.06. The SMILES string of the molecule is NNC(=O)c1cc(CN2CCCOc3ccccc32)on1. The summed E-state index contributed by atoms with van der Waals surface area (Å²) in [7, 11) is 0. The number of para-hydroxylation sites is 2. The Hall–Kier alpha value is -2.54. The smallest absolute Gasteiger partial charge is 0.287 e. The third-order valence-electron chi connectivity index (χ3n) is 3.31. The van der Waals surface area contributed by atoms with Gasteiger partial charge in [0.2, 0.25) is 0 Å². The van der Waals surface area contributed by atoms with E-state index in [0.717, 1.165) is 24.4 Å². The van der Waals surface area contributed by atoms with Gasteiger partial charge in [-0.05, 0) is 18.6 Å². The zero-order valence-corrected chi connectivity index (χ0v) is 11.4. The Morgan fingerprint density at radius 2 is 2.29 bits per heavy atom. The maximum atomic E-state index is 11.4. The van der Waals surface area contributed by atoms with Crippen molar-refractivity contribution in [1.82, 2.24) is 10.6 Å². The normalized spacial score (nSPS) is 14.0. The molecule has 0 unspecified atom stereocenters. The molecule has 21 heavy (non-hydrogen) atoms. The number of anilines is 1. The summed E-state index contributed by atoms with van der Waals surface area (Å²) in [6.45, 7) is 2.05. The van der Waals surface area contributed by atoms with E-state index < -0.39 is 5.91 Å². The Morgan fingerprint density at radius 3 is 3.14 bits per heavy atom. The molecule has 0 bridgehead atoms. The van der Waals surface area contributed by atoms with Crippen LogP contribution in [0.25, 0.3) is 0 Å². The standard InChI is InChI=1S/C14H16N4O3/c15-16-14(19)11-8-10(21-17-11)9-18-6-3-7-20-13-5-2-1-4-12(13)18/h1-2,4-5,8H,3,6-7,9,15H2,(H,16,19). The summed E-state index contributed by atoms with van der Waals surface area (Å²) in [5, 5.41) is 3.71. The molecule has 0 saturated heterocycles. The van der Waals surface area contributed by atoms with Crippen molar-refractivity contribution < 1.29 is 14.1 Å². The van der Waals surface area contributed by atoms with Crippen molar-refractivity contribution in [3.63, 3.8) is 0 Å². The van der Waals surface area contributed by atoms with E-state index in [1.165, 1.54) is 0 Å². The van der Waals surface area contributed by atoms with Gasteiger partial charge in [-0.2, -0.15) is 0 Å². The monoisotopic (exact) mass is 288 g/mol. The molecule has 0 saturated carbocycles. The fourth-order valence-corrected chi connectivity index (χ4v) is 2.32.